The third-order valence-corrected chi connectivity index (χ3v) is 4.38. The largest absolute Gasteiger partial charge is 0.408 e. The molecular weight excluding hydrogens is 373 g/mol. The topological polar surface area (TPSA) is 67.2 Å². The van der Waals surface area contributed by atoms with Crippen LogP contribution in [0.4, 0.5) is 24.7 Å². The summed E-state index contributed by atoms with van der Waals surface area (Å²) in [5, 5.41) is 3.36. The molecule has 140 valence electrons. The van der Waals surface area contributed by atoms with Gasteiger partial charge in [0.2, 0.25) is 0 Å². The van der Waals surface area contributed by atoms with Gasteiger partial charge in [-0.3, -0.25) is 4.79 Å². The second-order valence-corrected chi connectivity index (χ2v) is 6.29. The Morgan fingerprint density at radius 1 is 1.15 bits per heavy atom. The van der Waals surface area contributed by atoms with Crippen LogP contribution in [0.2, 0.25) is 5.02 Å². The number of hydrogen-bond donors (Lipinski definition) is 0. The van der Waals surface area contributed by atoms with Crippen LogP contribution in [-0.2, 0) is 6.54 Å². The fraction of sp³-hybridized carbons (Fsp3) is 0.467. The third kappa shape index (κ3) is 4.06. The second kappa shape index (κ2) is 7.10. The van der Waals surface area contributed by atoms with Crippen molar-refractivity contribution in [2.45, 2.75) is 19.6 Å². The van der Waals surface area contributed by atoms with Gasteiger partial charge in [-0.15, -0.1) is 0 Å². The maximum absolute atomic E-state index is 12.5. The zero-order valence-electron chi connectivity index (χ0n) is 13.9. The molecule has 1 aliphatic rings. The van der Waals surface area contributed by atoms with E-state index >= 15 is 0 Å². The summed E-state index contributed by atoms with van der Waals surface area (Å²) in [6, 6.07) is 1.88. The lowest BCUT2D eigenvalue weighted by molar-refractivity contribution is -0.143. The lowest BCUT2D eigenvalue weighted by Gasteiger charge is -2.36. The van der Waals surface area contributed by atoms with Crippen LogP contribution in [0.1, 0.15) is 5.69 Å². The number of hydrogen-bond acceptors (Lipinski definition) is 6. The molecule has 0 radical (unpaired) electrons. The van der Waals surface area contributed by atoms with Crippen LogP contribution in [0.25, 0.3) is 0 Å². The number of alkyl halides is 3. The fourth-order valence-electron chi connectivity index (χ4n) is 2.75. The summed E-state index contributed by atoms with van der Waals surface area (Å²) in [6.45, 7) is 2.73. The van der Waals surface area contributed by atoms with Crippen LogP contribution in [0.3, 0.4) is 0 Å². The standard InChI is InChI=1S/C15H16ClF3N6O/c1-10-6-12(21-9-20-10)24-4-2-23(3-5-24)11-7-22-25(8-15(17,18)19)14(26)13(11)16/h6-7,9H,2-5,8H2,1H3. The van der Waals surface area contributed by atoms with Crippen LogP contribution in [0, 0.1) is 6.92 Å². The SMILES string of the molecule is Cc1cc(N2CCN(c3cnn(CC(F)(F)F)c(=O)c3Cl)CC2)ncn1. The third-order valence-electron chi connectivity index (χ3n) is 4.03. The molecule has 2 aromatic rings. The zero-order valence-corrected chi connectivity index (χ0v) is 14.6. The van der Waals surface area contributed by atoms with Gasteiger partial charge in [0, 0.05) is 37.9 Å². The van der Waals surface area contributed by atoms with E-state index in [0.29, 0.717) is 36.5 Å². The molecule has 11 heteroatoms. The van der Waals surface area contributed by atoms with Gasteiger partial charge < -0.3 is 9.80 Å². The lowest BCUT2D eigenvalue weighted by Crippen LogP contribution is -2.47. The van der Waals surface area contributed by atoms with Crippen molar-refractivity contribution in [1.82, 2.24) is 19.7 Å². The second-order valence-electron chi connectivity index (χ2n) is 5.91. The van der Waals surface area contributed by atoms with Crippen molar-refractivity contribution < 1.29 is 13.2 Å². The van der Waals surface area contributed by atoms with Crippen molar-refractivity contribution in [3.8, 4) is 0 Å². The van der Waals surface area contributed by atoms with Gasteiger partial charge in [0.15, 0.2) is 0 Å². The first kappa shape index (κ1) is 18.4. The number of anilines is 2. The van der Waals surface area contributed by atoms with Gasteiger partial charge in [-0.05, 0) is 6.92 Å². The lowest BCUT2D eigenvalue weighted by atomic mass is 10.2. The number of aromatic nitrogens is 4. The van der Waals surface area contributed by atoms with E-state index in [-0.39, 0.29) is 5.02 Å². The molecule has 3 heterocycles. The van der Waals surface area contributed by atoms with Crippen LogP contribution < -0.4 is 15.4 Å². The summed E-state index contributed by atoms with van der Waals surface area (Å²) in [6.07, 6.45) is -1.83. The molecule has 0 spiro atoms. The number of rotatable bonds is 3. The summed E-state index contributed by atoms with van der Waals surface area (Å²) in [5.41, 5.74) is 0.252. The number of aryl methyl sites for hydroxylation is 1. The molecule has 1 fully saturated rings. The first-order valence-electron chi connectivity index (χ1n) is 7.85. The molecular formula is C15H16ClF3N6O. The van der Waals surface area contributed by atoms with E-state index in [4.69, 9.17) is 11.6 Å². The molecule has 0 bridgehead atoms. The molecule has 2 aromatic heterocycles. The molecule has 0 N–H and O–H groups in total. The van der Waals surface area contributed by atoms with Gasteiger partial charge in [-0.25, -0.2) is 14.6 Å². The van der Waals surface area contributed by atoms with Gasteiger partial charge in [-0.2, -0.15) is 18.3 Å². The van der Waals surface area contributed by atoms with Crippen LogP contribution >= 0.6 is 11.6 Å². The molecule has 0 aromatic carbocycles. The molecule has 0 atom stereocenters. The Balaban J connectivity index is 1.73. The maximum atomic E-state index is 12.5. The Labute approximate surface area is 152 Å². The summed E-state index contributed by atoms with van der Waals surface area (Å²) in [5.74, 6) is 0.807. The van der Waals surface area contributed by atoms with Gasteiger partial charge in [0.25, 0.3) is 5.56 Å². The molecule has 1 saturated heterocycles. The van der Waals surface area contributed by atoms with Crippen molar-refractivity contribution in [3.05, 3.63) is 39.7 Å². The summed E-state index contributed by atoms with van der Waals surface area (Å²) in [4.78, 5) is 24.2. The molecule has 3 rings (SSSR count). The highest BCUT2D eigenvalue weighted by molar-refractivity contribution is 6.33. The zero-order chi connectivity index (χ0) is 18.9. The average molecular weight is 389 g/mol. The van der Waals surface area contributed by atoms with Crippen LogP contribution in [-0.4, -0.2) is 52.1 Å². The van der Waals surface area contributed by atoms with Crippen molar-refractivity contribution in [1.29, 1.82) is 0 Å². The minimum Gasteiger partial charge on any atom is -0.365 e. The maximum Gasteiger partial charge on any atom is 0.408 e. The molecule has 0 aliphatic carbocycles. The van der Waals surface area contributed by atoms with Crippen molar-refractivity contribution in [2.24, 2.45) is 0 Å². The van der Waals surface area contributed by atoms with E-state index in [0.717, 1.165) is 11.5 Å². The van der Waals surface area contributed by atoms with Crippen LogP contribution in [0.15, 0.2) is 23.4 Å². The molecule has 0 saturated carbocycles. The number of piperazine rings is 1. The number of halogens is 4. The summed E-state index contributed by atoms with van der Waals surface area (Å²) < 4.78 is 37.7. The Hall–Kier alpha value is -2.36. The van der Waals surface area contributed by atoms with Crippen LogP contribution in [0.5, 0.6) is 0 Å². The minimum atomic E-state index is -4.54. The first-order valence-corrected chi connectivity index (χ1v) is 8.23. The minimum absolute atomic E-state index is 0.254. The number of nitrogens with zero attached hydrogens (tertiary/aromatic N) is 6. The Morgan fingerprint density at radius 3 is 2.42 bits per heavy atom. The fourth-order valence-corrected chi connectivity index (χ4v) is 3.01. The molecule has 7 nitrogen and oxygen atoms in total. The van der Waals surface area contributed by atoms with Gasteiger partial charge >= 0.3 is 6.18 Å². The van der Waals surface area contributed by atoms with E-state index < -0.39 is 18.3 Å². The molecule has 1 aliphatic heterocycles. The van der Waals surface area contributed by atoms with Gasteiger partial charge in [0.05, 0.1) is 11.9 Å². The van der Waals surface area contributed by atoms with Crippen molar-refractivity contribution in [2.75, 3.05) is 36.0 Å². The first-order chi connectivity index (χ1) is 12.2. The Bertz CT molecular complexity index is 848. The summed E-state index contributed by atoms with van der Waals surface area (Å²) in [7, 11) is 0. The quantitative estimate of drug-likeness (QED) is 0.800. The highest BCUT2D eigenvalue weighted by atomic mass is 35.5. The highest BCUT2D eigenvalue weighted by Gasteiger charge is 2.30. The normalized spacial score (nSPS) is 15.4. The highest BCUT2D eigenvalue weighted by Crippen LogP contribution is 2.24. The van der Waals surface area contributed by atoms with Gasteiger partial charge in [0.1, 0.15) is 23.7 Å². The van der Waals surface area contributed by atoms with E-state index in [1.165, 1.54) is 12.5 Å². The predicted octanol–water partition coefficient (Wildman–Crippen LogP) is 1.88. The van der Waals surface area contributed by atoms with E-state index in [1.807, 2.05) is 17.9 Å². The Morgan fingerprint density at radius 2 is 1.81 bits per heavy atom. The molecule has 0 amide bonds. The van der Waals surface area contributed by atoms with E-state index in [9.17, 15) is 18.0 Å². The average Bonchev–Trinajstić information content (AvgIpc) is 2.58. The molecule has 0 unspecified atom stereocenters. The van der Waals surface area contributed by atoms with Crippen molar-refractivity contribution >= 4 is 23.1 Å². The molecule has 26 heavy (non-hydrogen) atoms. The predicted molar refractivity (Wildman–Crippen MR) is 90.8 cm³/mol. The monoisotopic (exact) mass is 388 g/mol. The Kier molecular flexibility index (Phi) is 5.03. The van der Waals surface area contributed by atoms with E-state index in [2.05, 4.69) is 20.0 Å². The van der Waals surface area contributed by atoms with Gasteiger partial charge in [-0.1, -0.05) is 11.6 Å². The van der Waals surface area contributed by atoms with E-state index in [1.54, 1.807) is 0 Å². The summed E-state index contributed by atoms with van der Waals surface area (Å²) >= 11 is 6.02. The smallest absolute Gasteiger partial charge is 0.365 e. The van der Waals surface area contributed by atoms with Crippen molar-refractivity contribution in [3.63, 3.8) is 0 Å².